The highest BCUT2D eigenvalue weighted by molar-refractivity contribution is 14.2. The van der Waals surface area contributed by atoms with Gasteiger partial charge in [-0.05, 0) is 58.7 Å². The Bertz CT molecular complexity index is 146. The van der Waals surface area contributed by atoms with Gasteiger partial charge in [0.05, 0.1) is 6.61 Å². The highest BCUT2D eigenvalue weighted by Crippen LogP contribution is 2.12. The lowest BCUT2D eigenvalue weighted by molar-refractivity contribution is 0.147. The third kappa shape index (κ3) is 5.71. The van der Waals surface area contributed by atoms with E-state index in [2.05, 4.69) is 62.4 Å². The number of likely N-dealkylation sites (N-methyl/N-ethyl adjacent to an activating group) is 1. The first-order valence-electron chi connectivity index (χ1n) is 4.50. The zero-order valence-electron chi connectivity index (χ0n) is 7.80. The summed E-state index contributed by atoms with van der Waals surface area (Å²) in [7, 11) is 2.17. The number of hydrogen-bond donors (Lipinski definition) is 1. The van der Waals surface area contributed by atoms with E-state index in [1.807, 2.05) is 0 Å². The monoisotopic (exact) mass is 410 g/mol. The SMILES string of the molecule is CN1CCN[C@@H](CCOC(I)I)C1. The summed E-state index contributed by atoms with van der Waals surface area (Å²) in [4.78, 5) is 2.37. The molecular weight excluding hydrogens is 394 g/mol. The Kier molecular flexibility index (Phi) is 6.45. The van der Waals surface area contributed by atoms with Crippen molar-refractivity contribution in [1.82, 2.24) is 10.2 Å². The van der Waals surface area contributed by atoms with Crippen LogP contribution in [-0.4, -0.2) is 46.3 Å². The molecule has 1 saturated heterocycles. The van der Waals surface area contributed by atoms with Crippen LogP contribution in [0.5, 0.6) is 0 Å². The summed E-state index contributed by atoms with van der Waals surface area (Å²) in [6.45, 7) is 4.29. The molecule has 1 fully saturated rings. The lowest BCUT2D eigenvalue weighted by Gasteiger charge is -2.30. The van der Waals surface area contributed by atoms with Gasteiger partial charge in [0.25, 0.3) is 0 Å². The van der Waals surface area contributed by atoms with E-state index in [9.17, 15) is 0 Å². The van der Waals surface area contributed by atoms with Crippen molar-refractivity contribution in [1.29, 1.82) is 0 Å². The van der Waals surface area contributed by atoms with E-state index in [4.69, 9.17) is 4.74 Å². The van der Waals surface area contributed by atoms with Gasteiger partial charge in [-0.2, -0.15) is 0 Å². The summed E-state index contributed by atoms with van der Waals surface area (Å²) in [6, 6.07) is 0.616. The van der Waals surface area contributed by atoms with E-state index in [1.165, 1.54) is 6.54 Å². The van der Waals surface area contributed by atoms with Gasteiger partial charge in [-0.1, -0.05) is 0 Å². The van der Waals surface area contributed by atoms with E-state index in [0.717, 1.165) is 26.1 Å². The second kappa shape index (κ2) is 6.76. The van der Waals surface area contributed by atoms with Crippen LogP contribution in [0.1, 0.15) is 6.42 Å². The molecule has 0 bridgehead atoms. The van der Waals surface area contributed by atoms with Gasteiger partial charge < -0.3 is 15.0 Å². The zero-order valence-corrected chi connectivity index (χ0v) is 12.1. The van der Waals surface area contributed by atoms with Gasteiger partial charge in [0.15, 0.2) is 2.12 Å². The summed E-state index contributed by atoms with van der Waals surface area (Å²) < 4.78 is 5.80. The highest BCUT2D eigenvalue weighted by Gasteiger charge is 2.15. The molecule has 0 aromatic rings. The molecule has 0 radical (unpaired) electrons. The Morgan fingerprint density at radius 2 is 2.38 bits per heavy atom. The van der Waals surface area contributed by atoms with Gasteiger partial charge in [-0.25, -0.2) is 0 Å². The van der Waals surface area contributed by atoms with Crippen LogP contribution >= 0.6 is 45.2 Å². The van der Waals surface area contributed by atoms with Crippen LogP contribution in [0.15, 0.2) is 0 Å². The molecule has 0 aromatic heterocycles. The number of ether oxygens (including phenoxy) is 1. The second-order valence-corrected chi connectivity index (χ2v) is 7.98. The van der Waals surface area contributed by atoms with Gasteiger partial charge in [-0.3, -0.25) is 0 Å². The minimum atomic E-state index is 0.302. The molecule has 0 amide bonds. The number of hydrogen-bond acceptors (Lipinski definition) is 3. The molecule has 0 unspecified atom stereocenters. The zero-order chi connectivity index (χ0) is 9.68. The van der Waals surface area contributed by atoms with E-state index in [-0.39, 0.29) is 0 Å². The van der Waals surface area contributed by atoms with Crippen LogP contribution in [-0.2, 0) is 4.74 Å². The van der Waals surface area contributed by atoms with Crippen molar-refractivity contribution in [3.63, 3.8) is 0 Å². The Morgan fingerprint density at radius 1 is 1.62 bits per heavy atom. The summed E-state index contributed by atoms with van der Waals surface area (Å²) >= 11 is 4.55. The molecule has 3 nitrogen and oxygen atoms in total. The molecule has 0 spiro atoms. The average Bonchev–Trinajstić information content (AvgIpc) is 2.03. The van der Waals surface area contributed by atoms with Crippen molar-refractivity contribution >= 4 is 45.2 Å². The van der Waals surface area contributed by atoms with E-state index in [0.29, 0.717) is 8.16 Å². The number of rotatable bonds is 4. The Hall–Kier alpha value is 1.34. The Balaban J connectivity index is 2.06. The quantitative estimate of drug-likeness (QED) is 0.562. The molecule has 5 heteroatoms. The number of alkyl halides is 2. The van der Waals surface area contributed by atoms with Crippen LogP contribution < -0.4 is 5.32 Å². The largest absolute Gasteiger partial charge is 0.358 e. The van der Waals surface area contributed by atoms with Crippen molar-refractivity contribution in [3.8, 4) is 0 Å². The fraction of sp³-hybridized carbons (Fsp3) is 1.00. The van der Waals surface area contributed by atoms with Gasteiger partial charge in [0.2, 0.25) is 0 Å². The van der Waals surface area contributed by atoms with Gasteiger partial charge >= 0.3 is 0 Å². The van der Waals surface area contributed by atoms with Crippen LogP contribution in [0, 0.1) is 0 Å². The first-order chi connectivity index (χ1) is 6.18. The Labute approximate surface area is 107 Å². The van der Waals surface area contributed by atoms with Gasteiger partial charge in [0.1, 0.15) is 0 Å². The average molecular weight is 410 g/mol. The van der Waals surface area contributed by atoms with E-state index in [1.54, 1.807) is 0 Å². The first kappa shape index (κ1) is 12.4. The predicted octanol–water partition coefficient (Wildman–Crippen LogP) is 1.45. The smallest absolute Gasteiger partial charge is 0.159 e. The van der Waals surface area contributed by atoms with Crippen LogP contribution in [0.25, 0.3) is 0 Å². The predicted molar refractivity (Wildman–Crippen MR) is 71.7 cm³/mol. The maximum absolute atomic E-state index is 5.49. The molecule has 0 saturated carbocycles. The molecular formula is C8H16I2N2O. The molecule has 1 N–H and O–H groups in total. The van der Waals surface area contributed by atoms with Crippen LogP contribution in [0.2, 0.25) is 0 Å². The number of nitrogens with one attached hydrogen (secondary N) is 1. The third-order valence-electron chi connectivity index (χ3n) is 2.17. The third-order valence-corrected chi connectivity index (χ3v) is 2.89. The van der Waals surface area contributed by atoms with Crippen LogP contribution in [0.4, 0.5) is 0 Å². The first-order valence-corrected chi connectivity index (χ1v) is 6.99. The normalized spacial score (nSPS) is 25.4. The minimum Gasteiger partial charge on any atom is -0.358 e. The van der Waals surface area contributed by atoms with Crippen molar-refractivity contribution in [2.24, 2.45) is 0 Å². The summed E-state index contributed by atoms with van der Waals surface area (Å²) in [5, 5.41) is 3.50. The molecule has 78 valence electrons. The standard InChI is InChI=1S/C8H16I2N2O/c1-12-4-3-11-7(6-12)2-5-13-8(9)10/h7-8,11H,2-6H2,1H3/t7-/m0/s1. The van der Waals surface area contributed by atoms with Crippen molar-refractivity contribution in [2.75, 3.05) is 33.3 Å². The van der Waals surface area contributed by atoms with Gasteiger partial charge in [0, 0.05) is 25.7 Å². The van der Waals surface area contributed by atoms with Crippen molar-refractivity contribution < 1.29 is 4.74 Å². The summed E-state index contributed by atoms with van der Waals surface area (Å²) in [5.74, 6) is 0. The van der Waals surface area contributed by atoms with Crippen molar-refractivity contribution in [3.05, 3.63) is 0 Å². The van der Waals surface area contributed by atoms with Crippen LogP contribution in [0.3, 0.4) is 0 Å². The molecule has 0 aliphatic carbocycles. The second-order valence-electron chi connectivity index (χ2n) is 3.33. The number of piperazine rings is 1. The fourth-order valence-corrected chi connectivity index (χ4v) is 1.99. The molecule has 13 heavy (non-hydrogen) atoms. The maximum Gasteiger partial charge on any atom is 0.159 e. The fourth-order valence-electron chi connectivity index (χ4n) is 1.48. The maximum atomic E-state index is 5.49. The van der Waals surface area contributed by atoms with Crippen molar-refractivity contribution in [2.45, 2.75) is 14.6 Å². The lowest BCUT2D eigenvalue weighted by atomic mass is 10.1. The highest BCUT2D eigenvalue weighted by atomic mass is 127. The lowest BCUT2D eigenvalue weighted by Crippen LogP contribution is -2.49. The summed E-state index contributed by atoms with van der Waals surface area (Å²) in [6.07, 6.45) is 1.12. The molecule has 1 atom stereocenters. The summed E-state index contributed by atoms with van der Waals surface area (Å²) in [5.41, 5.74) is 0. The number of nitrogens with zero attached hydrogens (tertiary/aromatic N) is 1. The minimum absolute atomic E-state index is 0.302. The van der Waals surface area contributed by atoms with E-state index >= 15 is 0 Å². The molecule has 1 heterocycles. The molecule has 0 aromatic carbocycles. The van der Waals surface area contributed by atoms with Gasteiger partial charge in [-0.15, -0.1) is 0 Å². The molecule has 1 aliphatic heterocycles. The molecule has 1 rings (SSSR count). The number of halogens is 2. The Morgan fingerprint density at radius 3 is 3.00 bits per heavy atom. The molecule has 1 aliphatic rings. The topological polar surface area (TPSA) is 24.5 Å². The van der Waals surface area contributed by atoms with E-state index < -0.39 is 0 Å².